The Balaban J connectivity index is 1.88. The summed E-state index contributed by atoms with van der Waals surface area (Å²) in [6.45, 7) is 3.99. The van der Waals surface area contributed by atoms with Gasteiger partial charge < -0.3 is 14.2 Å². The van der Waals surface area contributed by atoms with Gasteiger partial charge in [-0.1, -0.05) is 6.42 Å². The quantitative estimate of drug-likeness (QED) is 0.866. The van der Waals surface area contributed by atoms with E-state index >= 15 is 0 Å². The van der Waals surface area contributed by atoms with Gasteiger partial charge in [0, 0.05) is 25.2 Å². The molecule has 0 aliphatic carbocycles. The second-order valence-corrected chi connectivity index (χ2v) is 5.65. The van der Waals surface area contributed by atoms with E-state index < -0.39 is 0 Å². The van der Waals surface area contributed by atoms with Crippen molar-refractivity contribution in [2.75, 3.05) is 26.7 Å². The van der Waals surface area contributed by atoms with Gasteiger partial charge in [-0.2, -0.15) is 0 Å². The number of ether oxygens (including phenoxy) is 1. The Hall–Kier alpha value is -1.81. The van der Waals surface area contributed by atoms with Gasteiger partial charge in [-0.3, -0.25) is 4.79 Å². The molecular weight excluding hydrogens is 264 g/mol. The number of benzene rings is 1. The minimum Gasteiger partial charge on any atom is -0.497 e. The molecule has 0 amide bonds. The smallest absolute Gasteiger partial charge is 0.251 e. The van der Waals surface area contributed by atoms with Crippen LogP contribution in [0, 0.1) is 0 Å². The van der Waals surface area contributed by atoms with Crippen LogP contribution in [0.15, 0.2) is 35.1 Å². The summed E-state index contributed by atoms with van der Waals surface area (Å²) in [6, 6.07) is 9.43. The number of pyridine rings is 1. The van der Waals surface area contributed by atoms with E-state index in [4.69, 9.17) is 4.74 Å². The molecule has 21 heavy (non-hydrogen) atoms. The van der Waals surface area contributed by atoms with Crippen LogP contribution in [0.2, 0.25) is 0 Å². The van der Waals surface area contributed by atoms with Crippen molar-refractivity contribution < 1.29 is 4.74 Å². The molecule has 1 aliphatic rings. The third-order valence-corrected chi connectivity index (χ3v) is 4.29. The van der Waals surface area contributed by atoms with Gasteiger partial charge in [0.05, 0.1) is 12.6 Å². The maximum absolute atomic E-state index is 12.2. The number of piperidine rings is 1. The summed E-state index contributed by atoms with van der Waals surface area (Å²) in [5, 5.41) is 1.08. The van der Waals surface area contributed by atoms with Gasteiger partial charge in [-0.25, -0.2) is 0 Å². The molecule has 0 N–H and O–H groups in total. The lowest BCUT2D eigenvalue weighted by Crippen LogP contribution is -2.34. The van der Waals surface area contributed by atoms with Crippen molar-refractivity contribution in [3.8, 4) is 5.75 Å². The van der Waals surface area contributed by atoms with Gasteiger partial charge in [0.25, 0.3) is 5.56 Å². The van der Waals surface area contributed by atoms with Crippen LogP contribution in [-0.4, -0.2) is 36.2 Å². The first kappa shape index (κ1) is 14.1. The van der Waals surface area contributed by atoms with Crippen LogP contribution in [0.5, 0.6) is 5.75 Å². The van der Waals surface area contributed by atoms with Crippen LogP contribution in [0.1, 0.15) is 19.3 Å². The van der Waals surface area contributed by atoms with Gasteiger partial charge in [0.15, 0.2) is 0 Å². The summed E-state index contributed by atoms with van der Waals surface area (Å²) >= 11 is 0. The summed E-state index contributed by atoms with van der Waals surface area (Å²) in [7, 11) is 1.65. The second-order valence-electron chi connectivity index (χ2n) is 5.65. The normalized spacial score (nSPS) is 16.2. The zero-order chi connectivity index (χ0) is 14.7. The molecule has 0 atom stereocenters. The van der Waals surface area contributed by atoms with Crippen molar-refractivity contribution in [3.05, 3.63) is 40.7 Å². The Morgan fingerprint density at radius 1 is 1.05 bits per heavy atom. The molecule has 3 rings (SSSR count). The van der Waals surface area contributed by atoms with E-state index in [1.54, 1.807) is 13.2 Å². The molecule has 1 saturated heterocycles. The van der Waals surface area contributed by atoms with E-state index in [0.29, 0.717) is 0 Å². The topological polar surface area (TPSA) is 34.5 Å². The molecule has 0 radical (unpaired) electrons. The molecule has 2 aromatic rings. The first-order chi connectivity index (χ1) is 10.3. The highest BCUT2D eigenvalue weighted by Gasteiger charge is 2.11. The fourth-order valence-electron chi connectivity index (χ4n) is 3.05. The Morgan fingerprint density at radius 2 is 1.81 bits per heavy atom. The van der Waals surface area contributed by atoms with Crippen LogP contribution < -0.4 is 10.3 Å². The molecule has 2 heterocycles. The Kier molecular flexibility index (Phi) is 4.25. The zero-order valence-electron chi connectivity index (χ0n) is 12.5. The van der Waals surface area contributed by atoms with Gasteiger partial charge >= 0.3 is 0 Å². The Bertz CT molecular complexity index is 672. The number of aromatic nitrogens is 1. The Labute approximate surface area is 124 Å². The molecule has 1 aromatic heterocycles. The maximum atomic E-state index is 12.2. The summed E-state index contributed by atoms with van der Waals surface area (Å²) in [6.07, 6.45) is 3.89. The lowest BCUT2D eigenvalue weighted by molar-refractivity contribution is 0.221. The number of rotatable bonds is 4. The summed E-state index contributed by atoms with van der Waals surface area (Å²) in [5.41, 5.74) is 1.02. The average Bonchev–Trinajstić information content (AvgIpc) is 2.54. The van der Waals surface area contributed by atoms with E-state index in [1.807, 2.05) is 28.8 Å². The maximum Gasteiger partial charge on any atom is 0.251 e. The van der Waals surface area contributed by atoms with E-state index in [9.17, 15) is 4.79 Å². The van der Waals surface area contributed by atoms with E-state index in [-0.39, 0.29) is 5.56 Å². The third-order valence-electron chi connectivity index (χ3n) is 4.29. The number of likely N-dealkylation sites (tertiary alicyclic amines) is 1. The second kappa shape index (κ2) is 6.31. The summed E-state index contributed by atoms with van der Waals surface area (Å²) in [4.78, 5) is 14.7. The fraction of sp³-hybridized carbons (Fsp3) is 0.471. The van der Waals surface area contributed by atoms with Gasteiger partial charge in [0.1, 0.15) is 5.75 Å². The van der Waals surface area contributed by atoms with Crippen molar-refractivity contribution in [2.24, 2.45) is 0 Å². The highest BCUT2D eigenvalue weighted by atomic mass is 16.5. The van der Waals surface area contributed by atoms with Crippen molar-refractivity contribution in [2.45, 2.75) is 25.8 Å². The van der Waals surface area contributed by atoms with Crippen LogP contribution in [-0.2, 0) is 6.54 Å². The molecule has 0 spiro atoms. The first-order valence-electron chi connectivity index (χ1n) is 7.68. The standard InChI is InChI=1S/C17H22N2O2/c1-21-15-7-5-14-6-8-17(20)19(16(14)13-15)12-11-18-9-3-2-4-10-18/h5-8,13H,2-4,9-12H2,1H3. The molecule has 0 unspecified atom stereocenters. The van der Waals surface area contributed by atoms with Crippen molar-refractivity contribution >= 4 is 10.9 Å². The van der Waals surface area contributed by atoms with E-state index in [2.05, 4.69) is 4.90 Å². The predicted molar refractivity (Wildman–Crippen MR) is 85.1 cm³/mol. The van der Waals surface area contributed by atoms with Gasteiger partial charge in [-0.15, -0.1) is 0 Å². The highest BCUT2D eigenvalue weighted by Crippen LogP contribution is 2.19. The van der Waals surface area contributed by atoms with Gasteiger partial charge in [0.2, 0.25) is 0 Å². The molecule has 4 nitrogen and oxygen atoms in total. The largest absolute Gasteiger partial charge is 0.497 e. The van der Waals surface area contributed by atoms with Crippen molar-refractivity contribution in [1.29, 1.82) is 0 Å². The minimum absolute atomic E-state index is 0.0627. The number of hydrogen-bond donors (Lipinski definition) is 0. The van der Waals surface area contributed by atoms with E-state index in [1.165, 1.54) is 19.3 Å². The molecule has 0 saturated carbocycles. The van der Waals surface area contributed by atoms with E-state index in [0.717, 1.165) is 42.8 Å². The zero-order valence-corrected chi connectivity index (χ0v) is 12.5. The summed E-state index contributed by atoms with van der Waals surface area (Å²) in [5.74, 6) is 0.792. The molecule has 4 heteroatoms. The third kappa shape index (κ3) is 3.10. The highest BCUT2D eigenvalue weighted by molar-refractivity contribution is 5.80. The number of nitrogens with zero attached hydrogens (tertiary/aromatic N) is 2. The SMILES string of the molecule is COc1ccc2ccc(=O)n(CCN3CCCCC3)c2c1. The minimum atomic E-state index is 0.0627. The van der Waals surface area contributed by atoms with Crippen molar-refractivity contribution in [1.82, 2.24) is 9.47 Å². The fourth-order valence-corrected chi connectivity index (χ4v) is 3.05. The number of fused-ring (bicyclic) bond motifs is 1. The van der Waals surface area contributed by atoms with Crippen LogP contribution in [0.4, 0.5) is 0 Å². The molecule has 112 valence electrons. The Morgan fingerprint density at radius 3 is 2.57 bits per heavy atom. The first-order valence-corrected chi connectivity index (χ1v) is 7.68. The molecule has 1 aromatic carbocycles. The van der Waals surface area contributed by atoms with Crippen LogP contribution >= 0.6 is 0 Å². The lowest BCUT2D eigenvalue weighted by atomic mass is 10.1. The molecular formula is C17H22N2O2. The number of methoxy groups -OCH3 is 1. The van der Waals surface area contributed by atoms with Crippen LogP contribution in [0.25, 0.3) is 10.9 Å². The van der Waals surface area contributed by atoms with Crippen LogP contribution in [0.3, 0.4) is 0 Å². The predicted octanol–water partition coefficient (Wildman–Crippen LogP) is 2.50. The number of hydrogen-bond acceptors (Lipinski definition) is 3. The monoisotopic (exact) mass is 286 g/mol. The van der Waals surface area contributed by atoms with Crippen molar-refractivity contribution in [3.63, 3.8) is 0 Å². The molecule has 1 fully saturated rings. The average molecular weight is 286 g/mol. The molecule has 0 bridgehead atoms. The molecule has 1 aliphatic heterocycles. The summed E-state index contributed by atoms with van der Waals surface area (Å²) < 4.78 is 7.15. The van der Waals surface area contributed by atoms with Gasteiger partial charge in [-0.05, 0) is 49.5 Å². The lowest BCUT2D eigenvalue weighted by Gasteiger charge is -2.26.